The van der Waals surface area contributed by atoms with Gasteiger partial charge in [0.05, 0.1) is 1.37 Å². The Labute approximate surface area is 169 Å². The summed E-state index contributed by atoms with van der Waals surface area (Å²) in [4.78, 5) is 15.3. The van der Waals surface area contributed by atoms with Gasteiger partial charge in [0.25, 0.3) is 0 Å². The first-order valence-electron chi connectivity index (χ1n) is 11.7. The highest BCUT2D eigenvalue weighted by molar-refractivity contribution is 5.86. The quantitative estimate of drug-likeness (QED) is 0.689. The Morgan fingerprint density at radius 1 is 1.11 bits per heavy atom. The fourth-order valence-electron chi connectivity index (χ4n) is 3.00. The lowest BCUT2D eigenvalue weighted by molar-refractivity contribution is -0.176. The zero-order valence-corrected chi connectivity index (χ0v) is 15.8. The minimum Gasteiger partial charge on any atom is -0.460 e. The third kappa shape index (κ3) is 4.40. The van der Waals surface area contributed by atoms with Gasteiger partial charge in [-0.3, -0.25) is 0 Å². The monoisotopic (exact) mass is 372 g/mol. The summed E-state index contributed by atoms with van der Waals surface area (Å²) in [6, 6.07) is 17.4. The number of ether oxygens (including phenoxy) is 2. The first-order valence-corrected chi connectivity index (χ1v) is 9.17. The van der Waals surface area contributed by atoms with Gasteiger partial charge in [-0.1, -0.05) is 67.6 Å². The highest BCUT2D eigenvalue weighted by atomic mass is 16.6. The number of likely N-dealkylation sites (tertiary alicyclic amines) is 1. The Kier molecular flexibility index (Phi) is 4.72. The van der Waals surface area contributed by atoms with Crippen molar-refractivity contribution >= 4 is 5.97 Å². The van der Waals surface area contributed by atoms with E-state index in [9.17, 15) is 4.79 Å². The lowest BCUT2D eigenvalue weighted by Crippen LogP contribution is -2.45. The summed E-state index contributed by atoms with van der Waals surface area (Å²) in [6.07, 6.45) is -7.08. The molecule has 1 fully saturated rings. The second-order valence-electron chi connectivity index (χ2n) is 6.51. The number of hydrogen-bond acceptors (Lipinski definition) is 4. The van der Waals surface area contributed by atoms with Gasteiger partial charge in [-0.05, 0) is 37.3 Å². The smallest absolute Gasteiger partial charge is 0.348 e. The van der Waals surface area contributed by atoms with Gasteiger partial charge in [-0.2, -0.15) is 0 Å². The molecule has 3 rings (SSSR count). The molecule has 0 N–H and O–H groups in total. The van der Waals surface area contributed by atoms with E-state index >= 15 is 0 Å². The lowest BCUT2D eigenvalue weighted by Gasteiger charge is -2.36. The molecule has 144 valence electrons. The zero-order valence-electron chi connectivity index (χ0n) is 20.8. The van der Waals surface area contributed by atoms with Crippen molar-refractivity contribution in [2.24, 2.45) is 0 Å². The summed E-state index contributed by atoms with van der Waals surface area (Å²) in [5, 5.41) is 0. The summed E-state index contributed by atoms with van der Waals surface area (Å²) < 4.78 is 54.0. The predicted octanol–water partition coefficient (Wildman–Crippen LogP) is 3.99. The molecule has 0 radical (unpaired) electrons. The highest BCUT2D eigenvalue weighted by Crippen LogP contribution is 2.36. The molecule has 0 aromatic heterocycles. The maximum atomic E-state index is 13.9. The number of nitrogens with zero attached hydrogens (tertiary/aromatic N) is 1. The summed E-state index contributed by atoms with van der Waals surface area (Å²) in [5.41, 5.74) is -0.855. The maximum absolute atomic E-state index is 13.9. The number of hydrogen-bond donors (Lipinski definition) is 0. The molecule has 1 heterocycles. The van der Waals surface area contributed by atoms with E-state index in [0.29, 0.717) is 17.5 Å². The van der Waals surface area contributed by atoms with E-state index < -0.39 is 30.4 Å². The zero-order chi connectivity index (χ0) is 23.6. The van der Waals surface area contributed by atoms with Gasteiger partial charge in [0, 0.05) is 25.2 Å². The first-order chi connectivity index (χ1) is 15.0. The van der Waals surface area contributed by atoms with Crippen LogP contribution in [0.4, 0.5) is 0 Å². The summed E-state index contributed by atoms with van der Waals surface area (Å²) in [6.45, 7) is 1.60. The molecule has 4 nitrogen and oxygen atoms in total. The summed E-state index contributed by atoms with van der Waals surface area (Å²) in [5.74, 6) is -1.02. The Morgan fingerprint density at radius 3 is 2.11 bits per heavy atom. The Morgan fingerprint density at radius 2 is 1.63 bits per heavy atom. The Hall–Kier alpha value is -2.17. The van der Waals surface area contributed by atoms with Crippen LogP contribution in [0.2, 0.25) is 0 Å². The normalized spacial score (nSPS) is 23.9. The van der Waals surface area contributed by atoms with Crippen LogP contribution < -0.4 is 0 Å². The third-order valence-corrected chi connectivity index (χ3v) is 4.38. The molecular weight excluding hydrogens is 338 g/mol. The fraction of sp³-hybridized carbons (Fsp3) is 0.435. The van der Waals surface area contributed by atoms with Crippen molar-refractivity contribution in [3.8, 4) is 0 Å². The molecule has 0 saturated carbocycles. The van der Waals surface area contributed by atoms with E-state index in [0.717, 1.165) is 0 Å². The molecule has 1 aliphatic heterocycles. The molecule has 1 saturated heterocycles. The molecule has 27 heavy (non-hydrogen) atoms. The Bertz CT molecular complexity index is 866. The van der Waals surface area contributed by atoms with Crippen LogP contribution >= 0.6 is 0 Å². The van der Waals surface area contributed by atoms with Gasteiger partial charge in [0.1, 0.15) is 6.08 Å². The second-order valence-corrected chi connectivity index (χ2v) is 6.51. The van der Waals surface area contributed by atoms with Crippen LogP contribution in [0.15, 0.2) is 60.7 Å². The Balaban J connectivity index is 2.16. The van der Waals surface area contributed by atoms with Gasteiger partial charge < -0.3 is 14.4 Å². The largest absolute Gasteiger partial charge is 0.460 e. The number of carbonyl (C=O) groups is 1. The van der Waals surface area contributed by atoms with Crippen LogP contribution in [-0.4, -0.2) is 43.7 Å². The minimum absolute atomic E-state index is 0.201. The average Bonchev–Trinajstić information content (AvgIpc) is 2.74. The standard InChI is InChI=1S/C23H29NO3/c1-3-18-26-23(19-10-6-4-7-11-19,20-12-8-5-9-13-20)22(25)27-21-14-16-24(2)17-15-21/h4-13,21H,3,14-18H2,1-2H3/i14D2,15D2,21D. The van der Waals surface area contributed by atoms with Crippen molar-refractivity contribution in [2.75, 3.05) is 26.7 Å². The van der Waals surface area contributed by atoms with Crippen LogP contribution in [0.3, 0.4) is 0 Å². The van der Waals surface area contributed by atoms with E-state index in [1.54, 1.807) is 67.7 Å². The minimum atomic E-state index is -2.77. The average molecular weight is 373 g/mol. The van der Waals surface area contributed by atoms with E-state index in [4.69, 9.17) is 16.3 Å². The second kappa shape index (κ2) is 9.16. The van der Waals surface area contributed by atoms with Crippen molar-refractivity contribution in [1.29, 1.82) is 0 Å². The van der Waals surface area contributed by atoms with Crippen molar-refractivity contribution in [1.82, 2.24) is 4.90 Å². The van der Waals surface area contributed by atoms with Crippen LogP contribution in [0, 0.1) is 0 Å². The highest BCUT2D eigenvalue weighted by Gasteiger charge is 2.46. The van der Waals surface area contributed by atoms with Crippen molar-refractivity contribution in [3.05, 3.63) is 71.8 Å². The first kappa shape index (κ1) is 13.9. The molecule has 0 spiro atoms. The third-order valence-electron chi connectivity index (χ3n) is 4.38. The van der Waals surface area contributed by atoms with E-state index in [1.165, 1.54) is 4.90 Å². The molecule has 0 bridgehead atoms. The van der Waals surface area contributed by atoms with Gasteiger partial charge in [0.15, 0.2) is 0 Å². The van der Waals surface area contributed by atoms with Gasteiger partial charge in [0.2, 0.25) is 5.60 Å². The van der Waals surface area contributed by atoms with Crippen LogP contribution in [0.25, 0.3) is 0 Å². The van der Waals surface area contributed by atoms with Crippen LogP contribution in [0.1, 0.15) is 44.1 Å². The SMILES string of the molecule is [2H]C1([2H])CN(C)CC([2H])([2H])C1([2H])OC(=O)C(OCCC)(c1ccccc1)c1ccccc1. The van der Waals surface area contributed by atoms with Gasteiger partial charge >= 0.3 is 5.97 Å². The maximum Gasteiger partial charge on any atom is 0.348 e. The number of esters is 1. The number of rotatable bonds is 7. The lowest BCUT2D eigenvalue weighted by atomic mass is 9.85. The van der Waals surface area contributed by atoms with Crippen molar-refractivity contribution in [2.45, 2.75) is 37.8 Å². The van der Waals surface area contributed by atoms with Crippen LogP contribution in [-0.2, 0) is 19.9 Å². The molecule has 2 aromatic carbocycles. The van der Waals surface area contributed by atoms with Crippen molar-refractivity contribution in [3.63, 3.8) is 0 Å². The van der Waals surface area contributed by atoms with Gasteiger partial charge in [-0.15, -0.1) is 0 Å². The van der Waals surface area contributed by atoms with E-state index in [-0.39, 0.29) is 19.7 Å². The molecular formula is C23H29NO3. The molecule has 1 aliphatic rings. The van der Waals surface area contributed by atoms with Gasteiger partial charge in [-0.25, -0.2) is 4.79 Å². The molecule has 0 unspecified atom stereocenters. The number of carbonyl (C=O) groups excluding carboxylic acids is 1. The van der Waals surface area contributed by atoms with Crippen molar-refractivity contribution < 1.29 is 21.1 Å². The topological polar surface area (TPSA) is 38.8 Å². The molecule has 0 amide bonds. The molecule has 0 aliphatic carbocycles. The molecule has 2 aromatic rings. The number of benzene rings is 2. The summed E-state index contributed by atoms with van der Waals surface area (Å²) >= 11 is 0. The predicted molar refractivity (Wildman–Crippen MR) is 107 cm³/mol. The van der Waals surface area contributed by atoms with E-state index in [2.05, 4.69) is 0 Å². The van der Waals surface area contributed by atoms with E-state index in [1.807, 2.05) is 6.92 Å². The summed E-state index contributed by atoms with van der Waals surface area (Å²) in [7, 11) is 1.57. The molecule has 0 atom stereocenters. The molecule has 4 heteroatoms. The number of piperidine rings is 1. The fourth-order valence-corrected chi connectivity index (χ4v) is 3.00. The van der Waals surface area contributed by atoms with Crippen LogP contribution in [0.5, 0.6) is 0 Å².